The van der Waals surface area contributed by atoms with E-state index in [0.717, 1.165) is 16.1 Å². The Hall–Kier alpha value is -1.30. The first kappa shape index (κ1) is 12.2. The topological polar surface area (TPSA) is 63.8 Å². The first-order valence-corrected chi connectivity index (χ1v) is 6.22. The largest absolute Gasteiger partial charge is 0.271 e. The van der Waals surface area contributed by atoms with Crippen molar-refractivity contribution in [2.75, 3.05) is 0 Å². The second-order valence-corrected chi connectivity index (χ2v) is 5.03. The monoisotopic (exact) mass is 248 g/mol. The van der Waals surface area contributed by atoms with Crippen molar-refractivity contribution in [3.05, 3.63) is 45.5 Å². The zero-order chi connectivity index (χ0) is 12.4. The van der Waals surface area contributed by atoms with Gasteiger partial charge in [0, 0.05) is 0 Å². The Morgan fingerprint density at radius 2 is 1.82 bits per heavy atom. The van der Waals surface area contributed by atoms with Gasteiger partial charge in [-0.05, 0) is 37.9 Å². The average molecular weight is 248 g/mol. The molecule has 1 atom stereocenters. The number of hydrazine groups is 1. The lowest BCUT2D eigenvalue weighted by Crippen LogP contribution is -2.28. The molecule has 0 bridgehead atoms. The summed E-state index contributed by atoms with van der Waals surface area (Å²) in [6.45, 7) is 6.12. The highest BCUT2D eigenvalue weighted by atomic mass is 32.1. The number of benzene rings is 1. The summed E-state index contributed by atoms with van der Waals surface area (Å²) in [7, 11) is 0. The number of nitrogens with zero attached hydrogens (tertiary/aromatic N) is 2. The van der Waals surface area contributed by atoms with Crippen LogP contribution in [0.3, 0.4) is 0 Å². The van der Waals surface area contributed by atoms with Crippen molar-refractivity contribution >= 4 is 11.5 Å². The third kappa shape index (κ3) is 2.52. The standard InChI is InChI=1S/C12H16N4S/c1-7-4-8(2)6-10(5-7)11(14-13)12-9(3)15-16-17-12/h4-6,11,14H,13H2,1-3H3. The molecule has 5 heteroatoms. The third-order valence-corrected chi connectivity index (χ3v) is 3.58. The van der Waals surface area contributed by atoms with E-state index in [-0.39, 0.29) is 6.04 Å². The number of nitrogens with one attached hydrogen (secondary N) is 1. The maximum Gasteiger partial charge on any atom is 0.0837 e. The SMILES string of the molecule is Cc1cc(C)cc(C(NN)c2snnc2C)c1. The van der Waals surface area contributed by atoms with E-state index >= 15 is 0 Å². The Labute approximate surface area is 105 Å². The van der Waals surface area contributed by atoms with Crippen molar-refractivity contribution in [3.8, 4) is 0 Å². The Bertz CT molecular complexity index is 501. The Morgan fingerprint density at radius 1 is 1.18 bits per heavy atom. The van der Waals surface area contributed by atoms with Crippen LogP contribution in [0.4, 0.5) is 0 Å². The van der Waals surface area contributed by atoms with Crippen molar-refractivity contribution < 1.29 is 0 Å². The number of rotatable bonds is 3. The minimum Gasteiger partial charge on any atom is -0.271 e. The van der Waals surface area contributed by atoms with Crippen molar-refractivity contribution in [3.63, 3.8) is 0 Å². The lowest BCUT2D eigenvalue weighted by Gasteiger charge is -2.16. The number of aromatic nitrogens is 2. The zero-order valence-electron chi connectivity index (χ0n) is 10.2. The molecule has 0 spiro atoms. The molecular formula is C12H16N4S. The number of aryl methyl sites for hydroxylation is 3. The van der Waals surface area contributed by atoms with Crippen LogP contribution in [0.1, 0.15) is 33.3 Å². The van der Waals surface area contributed by atoms with Crippen molar-refractivity contribution in [1.29, 1.82) is 0 Å². The predicted octanol–water partition coefficient (Wildman–Crippen LogP) is 2.02. The molecule has 0 aliphatic carbocycles. The maximum absolute atomic E-state index is 5.67. The van der Waals surface area contributed by atoms with Crippen molar-refractivity contribution in [2.24, 2.45) is 5.84 Å². The average Bonchev–Trinajstić information content (AvgIpc) is 2.65. The van der Waals surface area contributed by atoms with Gasteiger partial charge in [-0.2, -0.15) is 0 Å². The van der Waals surface area contributed by atoms with Crippen LogP contribution in [0.25, 0.3) is 0 Å². The van der Waals surface area contributed by atoms with Gasteiger partial charge in [0.15, 0.2) is 0 Å². The van der Waals surface area contributed by atoms with Crippen LogP contribution in [-0.4, -0.2) is 9.59 Å². The van der Waals surface area contributed by atoms with Crippen LogP contribution in [0, 0.1) is 20.8 Å². The molecule has 1 aromatic heterocycles. The van der Waals surface area contributed by atoms with E-state index in [1.807, 2.05) is 6.92 Å². The van der Waals surface area contributed by atoms with Gasteiger partial charge in [-0.15, -0.1) is 5.10 Å². The smallest absolute Gasteiger partial charge is 0.0837 e. The van der Waals surface area contributed by atoms with E-state index in [0.29, 0.717) is 0 Å². The highest BCUT2D eigenvalue weighted by molar-refractivity contribution is 7.05. The predicted molar refractivity (Wildman–Crippen MR) is 69.7 cm³/mol. The fourth-order valence-corrected chi connectivity index (χ4v) is 2.74. The Morgan fingerprint density at radius 3 is 2.29 bits per heavy atom. The second-order valence-electron chi connectivity index (χ2n) is 4.24. The Kier molecular flexibility index (Phi) is 3.51. The van der Waals surface area contributed by atoms with E-state index in [2.05, 4.69) is 47.1 Å². The number of hydrogen-bond donors (Lipinski definition) is 2. The van der Waals surface area contributed by atoms with Gasteiger partial charge in [-0.1, -0.05) is 33.8 Å². The van der Waals surface area contributed by atoms with Crippen LogP contribution < -0.4 is 11.3 Å². The fraction of sp³-hybridized carbons (Fsp3) is 0.333. The van der Waals surface area contributed by atoms with Gasteiger partial charge in [-0.25, -0.2) is 5.43 Å². The molecule has 2 aromatic rings. The van der Waals surface area contributed by atoms with Gasteiger partial charge >= 0.3 is 0 Å². The minimum absolute atomic E-state index is 0.0337. The van der Waals surface area contributed by atoms with E-state index in [1.54, 1.807) is 0 Å². The normalized spacial score (nSPS) is 12.7. The summed E-state index contributed by atoms with van der Waals surface area (Å²) in [4.78, 5) is 1.07. The number of hydrogen-bond acceptors (Lipinski definition) is 5. The molecule has 1 unspecified atom stereocenters. The molecule has 90 valence electrons. The minimum atomic E-state index is -0.0337. The molecule has 0 fully saturated rings. The molecule has 17 heavy (non-hydrogen) atoms. The van der Waals surface area contributed by atoms with Gasteiger partial charge in [0.1, 0.15) is 0 Å². The lowest BCUT2D eigenvalue weighted by molar-refractivity contribution is 0.641. The van der Waals surface area contributed by atoms with Crippen LogP contribution in [0.15, 0.2) is 18.2 Å². The Balaban J connectivity index is 2.45. The van der Waals surface area contributed by atoms with Crippen molar-refractivity contribution in [2.45, 2.75) is 26.8 Å². The van der Waals surface area contributed by atoms with Crippen LogP contribution in [0.5, 0.6) is 0 Å². The highest BCUT2D eigenvalue weighted by Crippen LogP contribution is 2.27. The van der Waals surface area contributed by atoms with Crippen LogP contribution in [-0.2, 0) is 0 Å². The van der Waals surface area contributed by atoms with Gasteiger partial charge in [0.2, 0.25) is 0 Å². The van der Waals surface area contributed by atoms with E-state index in [1.165, 1.54) is 22.7 Å². The molecule has 0 aliphatic rings. The van der Waals surface area contributed by atoms with Gasteiger partial charge < -0.3 is 0 Å². The summed E-state index contributed by atoms with van der Waals surface area (Å²) in [6, 6.07) is 6.39. The molecule has 0 radical (unpaired) electrons. The summed E-state index contributed by atoms with van der Waals surface area (Å²) in [5.41, 5.74) is 7.39. The summed E-state index contributed by atoms with van der Waals surface area (Å²) in [6.07, 6.45) is 0. The summed E-state index contributed by atoms with van der Waals surface area (Å²) < 4.78 is 3.96. The molecule has 4 nitrogen and oxygen atoms in total. The maximum atomic E-state index is 5.67. The molecule has 1 heterocycles. The van der Waals surface area contributed by atoms with Gasteiger partial charge in [0.25, 0.3) is 0 Å². The molecule has 0 aliphatic heterocycles. The molecule has 3 N–H and O–H groups in total. The van der Waals surface area contributed by atoms with Gasteiger partial charge in [-0.3, -0.25) is 5.84 Å². The summed E-state index contributed by atoms with van der Waals surface area (Å²) >= 11 is 1.39. The first-order chi connectivity index (χ1) is 8.11. The molecular weight excluding hydrogens is 232 g/mol. The third-order valence-electron chi connectivity index (χ3n) is 2.69. The highest BCUT2D eigenvalue weighted by Gasteiger charge is 2.18. The van der Waals surface area contributed by atoms with E-state index in [4.69, 9.17) is 5.84 Å². The lowest BCUT2D eigenvalue weighted by atomic mass is 10.00. The van der Waals surface area contributed by atoms with Crippen LogP contribution in [0.2, 0.25) is 0 Å². The van der Waals surface area contributed by atoms with E-state index in [9.17, 15) is 0 Å². The van der Waals surface area contributed by atoms with Crippen molar-refractivity contribution in [1.82, 2.24) is 15.0 Å². The fourth-order valence-electron chi connectivity index (χ4n) is 2.00. The van der Waals surface area contributed by atoms with Gasteiger partial charge in [0.05, 0.1) is 16.6 Å². The summed E-state index contributed by atoms with van der Waals surface area (Å²) in [5.74, 6) is 5.67. The molecule has 1 aromatic carbocycles. The molecule has 0 amide bonds. The first-order valence-electron chi connectivity index (χ1n) is 5.45. The molecule has 0 saturated carbocycles. The zero-order valence-corrected chi connectivity index (χ0v) is 11.0. The number of nitrogens with two attached hydrogens (primary N) is 1. The quantitative estimate of drug-likeness (QED) is 0.644. The molecule has 0 saturated heterocycles. The summed E-state index contributed by atoms with van der Waals surface area (Å²) in [5, 5.41) is 4.03. The molecule has 2 rings (SSSR count). The second kappa shape index (κ2) is 4.91. The van der Waals surface area contributed by atoms with E-state index < -0.39 is 0 Å². The van der Waals surface area contributed by atoms with Crippen LogP contribution >= 0.6 is 11.5 Å².